The topological polar surface area (TPSA) is 132 Å². The maximum atomic E-state index is 11.2. The molecule has 1 aliphatic rings. The van der Waals surface area contributed by atoms with Gasteiger partial charge in [0.1, 0.15) is 30.0 Å². The van der Waals surface area contributed by atoms with Gasteiger partial charge in [0.15, 0.2) is 6.29 Å². The van der Waals surface area contributed by atoms with Crippen molar-refractivity contribution in [3.8, 4) is 0 Å². The highest BCUT2D eigenvalue weighted by atomic mass is 16.6. The summed E-state index contributed by atoms with van der Waals surface area (Å²) in [4.78, 5) is 11.2. The van der Waals surface area contributed by atoms with E-state index in [2.05, 4.69) is 5.32 Å². The van der Waals surface area contributed by atoms with Crippen molar-refractivity contribution in [2.75, 3.05) is 11.9 Å². The maximum Gasteiger partial charge on any atom is 0.336 e. The normalized spacial score (nSPS) is 31.2. The lowest BCUT2D eigenvalue weighted by Gasteiger charge is -2.38. The van der Waals surface area contributed by atoms with Gasteiger partial charge in [0, 0.05) is 29.8 Å². The van der Waals surface area contributed by atoms with Crippen LogP contribution in [-0.2, 0) is 4.74 Å². The first-order valence-electron chi connectivity index (χ1n) is 7.11. The molecule has 124 valence electrons. The second-order valence-corrected chi connectivity index (χ2v) is 5.42. The van der Waals surface area contributed by atoms with Crippen LogP contribution in [0.15, 0.2) is 39.5 Å². The van der Waals surface area contributed by atoms with Crippen LogP contribution in [0, 0.1) is 0 Å². The summed E-state index contributed by atoms with van der Waals surface area (Å²) in [6, 6.07) is 8.10. The summed E-state index contributed by atoms with van der Waals surface area (Å²) in [7, 11) is 0. The molecule has 8 nitrogen and oxygen atoms in total. The minimum absolute atomic E-state index is 0.0740. The molecule has 0 radical (unpaired) electrons. The van der Waals surface area contributed by atoms with Crippen molar-refractivity contribution < 1.29 is 29.6 Å². The smallest absolute Gasteiger partial charge is 0.336 e. The van der Waals surface area contributed by atoms with Gasteiger partial charge in [-0.2, -0.15) is 0 Å². The molecule has 23 heavy (non-hydrogen) atoms. The molecule has 1 fully saturated rings. The first kappa shape index (κ1) is 15.9. The van der Waals surface area contributed by atoms with Crippen LogP contribution < -0.4 is 10.9 Å². The van der Waals surface area contributed by atoms with E-state index in [1.807, 2.05) is 0 Å². The van der Waals surface area contributed by atoms with Crippen molar-refractivity contribution >= 4 is 16.7 Å². The number of ether oxygens (including phenoxy) is 1. The van der Waals surface area contributed by atoms with E-state index in [-0.39, 0.29) is 6.54 Å². The number of aliphatic hydroxyl groups is 4. The SMILES string of the molecule is O=c1ccc2ccc(NCC3O[C@@H](O)[C@@H](O)C(O)[C@H]3O)cc2o1. The predicted octanol–water partition coefficient (Wildman–Crippen LogP) is -0.995. The van der Waals surface area contributed by atoms with Gasteiger partial charge < -0.3 is 34.9 Å². The van der Waals surface area contributed by atoms with Gasteiger partial charge in [-0.15, -0.1) is 0 Å². The van der Waals surface area contributed by atoms with Gasteiger partial charge in [-0.25, -0.2) is 4.79 Å². The molecule has 3 rings (SSSR count). The summed E-state index contributed by atoms with van der Waals surface area (Å²) in [5.74, 6) is 0. The molecule has 0 saturated carbocycles. The van der Waals surface area contributed by atoms with Crippen molar-refractivity contribution in [3.63, 3.8) is 0 Å². The Bertz CT molecular complexity index is 746. The average molecular weight is 323 g/mol. The summed E-state index contributed by atoms with van der Waals surface area (Å²) < 4.78 is 10.1. The van der Waals surface area contributed by atoms with Gasteiger partial charge in [0.05, 0.1) is 0 Å². The Kier molecular flexibility index (Phi) is 4.33. The van der Waals surface area contributed by atoms with Crippen molar-refractivity contribution in [2.45, 2.75) is 30.7 Å². The number of fused-ring (bicyclic) bond motifs is 1. The van der Waals surface area contributed by atoms with Crippen LogP contribution in [0.1, 0.15) is 0 Å². The Balaban J connectivity index is 1.71. The van der Waals surface area contributed by atoms with Gasteiger partial charge in [-0.05, 0) is 18.2 Å². The summed E-state index contributed by atoms with van der Waals surface area (Å²) in [6.45, 7) is 0.0740. The zero-order chi connectivity index (χ0) is 16.6. The molecule has 1 aromatic carbocycles. The van der Waals surface area contributed by atoms with Crippen molar-refractivity contribution in [2.24, 2.45) is 0 Å². The van der Waals surface area contributed by atoms with Crippen LogP contribution in [-0.4, -0.2) is 57.7 Å². The lowest BCUT2D eigenvalue weighted by atomic mass is 9.99. The lowest BCUT2D eigenvalue weighted by Crippen LogP contribution is -2.59. The Morgan fingerprint density at radius 3 is 2.52 bits per heavy atom. The molecular formula is C15H17NO7. The first-order valence-corrected chi connectivity index (χ1v) is 7.11. The van der Waals surface area contributed by atoms with Gasteiger partial charge in [-0.1, -0.05) is 0 Å². The minimum Gasteiger partial charge on any atom is -0.423 e. The van der Waals surface area contributed by atoms with E-state index in [4.69, 9.17) is 9.15 Å². The molecule has 0 aliphatic carbocycles. The van der Waals surface area contributed by atoms with Crippen LogP contribution in [0.3, 0.4) is 0 Å². The predicted molar refractivity (Wildman–Crippen MR) is 79.9 cm³/mol. The molecule has 8 heteroatoms. The molecule has 0 amide bonds. The summed E-state index contributed by atoms with van der Waals surface area (Å²) in [5.41, 5.74) is 0.557. The van der Waals surface area contributed by atoms with Crippen LogP contribution in [0.25, 0.3) is 11.0 Å². The van der Waals surface area contributed by atoms with E-state index >= 15 is 0 Å². The van der Waals surface area contributed by atoms with E-state index in [0.29, 0.717) is 11.3 Å². The van der Waals surface area contributed by atoms with Gasteiger partial charge in [0.25, 0.3) is 0 Å². The Morgan fingerprint density at radius 1 is 1.00 bits per heavy atom. The van der Waals surface area contributed by atoms with E-state index in [1.54, 1.807) is 24.3 Å². The fourth-order valence-electron chi connectivity index (χ4n) is 2.49. The lowest BCUT2D eigenvalue weighted by molar-refractivity contribution is -0.278. The van der Waals surface area contributed by atoms with Gasteiger partial charge in [-0.3, -0.25) is 0 Å². The molecule has 1 aromatic heterocycles. The molecule has 1 saturated heterocycles. The Morgan fingerprint density at radius 2 is 1.74 bits per heavy atom. The van der Waals surface area contributed by atoms with Crippen molar-refractivity contribution in [1.82, 2.24) is 0 Å². The highest BCUT2D eigenvalue weighted by Crippen LogP contribution is 2.22. The van der Waals surface area contributed by atoms with Crippen LogP contribution in [0.5, 0.6) is 0 Å². The van der Waals surface area contributed by atoms with Gasteiger partial charge >= 0.3 is 5.63 Å². The number of hydrogen-bond acceptors (Lipinski definition) is 8. The molecular weight excluding hydrogens is 306 g/mol. The molecule has 1 aliphatic heterocycles. The van der Waals surface area contributed by atoms with Gasteiger partial charge in [0.2, 0.25) is 0 Å². The van der Waals surface area contributed by atoms with E-state index in [9.17, 15) is 25.2 Å². The average Bonchev–Trinajstić information content (AvgIpc) is 2.54. The fourth-order valence-corrected chi connectivity index (χ4v) is 2.49. The Hall–Kier alpha value is -1.97. The van der Waals surface area contributed by atoms with Crippen LogP contribution >= 0.6 is 0 Å². The van der Waals surface area contributed by atoms with Crippen molar-refractivity contribution in [3.05, 3.63) is 40.8 Å². The Labute approximate surface area is 130 Å². The number of rotatable bonds is 3. The summed E-state index contributed by atoms with van der Waals surface area (Å²) in [5, 5.41) is 42.1. The molecule has 5 N–H and O–H groups in total. The second-order valence-electron chi connectivity index (χ2n) is 5.42. The first-order chi connectivity index (χ1) is 11.0. The minimum atomic E-state index is -1.57. The van der Waals surface area contributed by atoms with E-state index in [1.165, 1.54) is 6.07 Å². The molecule has 5 atom stereocenters. The summed E-state index contributed by atoms with van der Waals surface area (Å²) in [6.07, 6.45) is -6.90. The third kappa shape index (κ3) is 3.21. The molecule has 0 bridgehead atoms. The second kappa shape index (κ2) is 6.26. The number of aliphatic hydroxyl groups excluding tert-OH is 4. The van der Waals surface area contributed by atoms with Crippen LogP contribution in [0.2, 0.25) is 0 Å². The monoisotopic (exact) mass is 323 g/mol. The number of nitrogens with one attached hydrogen (secondary N) is 1. The zero-order valence-electron chi connectivity index (χ0n) is 12.0. The molecule has 2 aromatic rings. The quantitative estimate of drug-likeness (QED) is 0.455. The number of hydrogen-bond donors (Lipinski definition) is 5. The van der Waals surface area contributed by atoms with E-state index < -0.39 is 36.3 Å². The third-order valence-corrected chi connectivity index (χ3v) is 3.82. The molecule has 2 unspecified atom stereocenters. The zero-order valence-corrected chi connectivity index (χ0v) is 12.0. The summed E-state index contributed by atoms with van der Waals surface area (Å²) >= 11 is 0. The van der Waals surface area contributed by atoms with Crippen LogP contribution in [0.4, 0.5) is 5.69 Å². The highest BCUT2D eigenvalue weighted by Gasteiger charge is 2.42. The standard InChI is InChI=1S/C15H17NO7/c17-11-4-2-7-1-3-8(5-9(7)22-11)16-6-10-12(18)13(19)14(20)15(21)23-10/h1-5,10,12-16,18-21H,6H2/t10?,12-,13?,14-,15+/m0/s1. The van der Waals surface area contributed by atoms with E-state index in [0.717, 1.165) is 5.39 Å². The molecule has 0 spiro atoms. The fraction of sp³-hybridized carbons (Fsp3) is 0.400. The largest absolute Gasteiger partial charge is 0.423 e. The maximum absolute atomic E-state index is 11.2. The molecule has 2 heterocycles. The number of anilines is 1. The highest BCUT2D eigenvalue weighted by molar-refractivity contribution is 5.80. The van der Waals surface area contributed by atoms with Crippen molar-refractivity contribution in [1.29, 1.82) is 0 Å². The number of benzene rings is 1. The third-order valence-electron chi connectivity index (χ3n) is 3.82.